The third-order valence-corrected chi connectivity index (χ3v) is 1.91. The lowest BCUT2D eigenvalue weighted by Gasteiger charge is -1.87. The van der Waals surface area contributed by atoms with Gasteiger partial charge in [-0.15, -0.1) is 12.4 Å². The van der Waals surface area contributed by atoms with Gasteiger partial charge in [-0.2, -0.15) is 0 Å². The predicted octanol–water partition coefficient (Wildman–Crippen LogP) is -0.0404. The van der Waals surface area contributed by atoms with Crippen LogP contribution >= 0.6 is 20.2 Å². The average Bonchev–Trinajstić information content (AvgIpc) is 2.14. The second-order valence-electron chi connectivity index (χ2n) is 3.00. The summed E-state index contributed by atoms with van der Waals surface area (Å²) in [6, 6.07) is 0. The van der Waals surface area contributed by atoms with Crippen molar-refractivity contribution in [2.75, 3.05) is 0 Å². The Morgan fingerprint density at radius 3 is 1.73 bits per heavy atom. The maximum Gasteiger partial charge on any atom is 0.466 e. The molecule has 1 heterocycles. The largest absolute Gasteiger partial charge is 0.466 e. The average molecular weight is 260 g/mol. The Labute approximate surface area is 94.8 Å². The van der Waals surface area contributed by atoms with Crippen molar-refractivity contribution in [1.82, 2.24) is 4.57 Å². The van der Waals surface area contributed by atoms with Crippen LogP contribution in [0.15, 0.2) is 6.20 Å². The van der Waals surface area contributed by atoms with Crippen molar-refractivity contribution in [2.24, 2.45) is 14.1 Å². The molecule has 0 fully saturated rings. The highest BCUT2D eigenvalue weighted by Crippen LogP contribution is 2.25. The van der Waals surface area contributed by atoms with Crippen LogP contribution in [0.2, 0.25) is 0 Å². The molecule has 0 amide bonds. The first-order valence-electron chi connectivity index (χ1n) is 3.89. The number of aromatic nitrogens is 2. The van der Waals surface area contributed by atoms with Crippen molar-refractivity contribution in [1.29, 1.82) is 0 Å². The van der Waals surface area contributed by atoms with Crippen LogP contribution in [0.5, 0.6) is 0 Å². The van der Waals surface area contributed by atoms with E-state index in [1.165, 1.54) is 11.5 Å². The summed E-state index contributed by atoms with van der Waals surface area (Å²) >= 11 is 0. The maximum absolute atomic E-state index is 8.88. The molecule has 0 saturated carbocycles. The number of imidazole rings is 1. The Morgan fingerprint density at radius 2 is 1.67 bits per heavy atom. The fraction of sp³-hybridized carbons (Fsp3) is 0.571. The fourth-order valence-electron chi connectivity index (χ4n) is 0.952. The van der Waals surface area contributed by atoms with Crippen LogP contribution in [0.25, 0.3) is 0 Å². The monoisotopic (exact) mass is 259 g/mol. The van der Waals surface area contributed by atoms with Gasteiger partial charge in [0.2, 0.25) is 0 Å². The molecule has 0 unspecified atom stereocenters. The third kappa shape index (κ3) is 7.53. The van der Waals surface area contributed by atoms with Gasteiger partial charge in [0.15, 0.2) is 0 Å². The van der Waals surface area contributed by atoms with Crippen LogP contribution in [-0.4, -0.2) is 19.2 Å². The number of halogens is 1. The summed E-state index contributed by atoms with van der Waals surface area (Å²) in [6.45, 7) is 4.21. The number of hydrogen-bond acceptors (Lipinski definition) is 1. The Hall–Kier alpha value is -0.390. The molecule has 90 valence electrons. The van der Waals surface area contributed by atoms with Gasteiger partial charge < -0.3 is 14.7 Å². The van der Waals surface area contributed by atoms with E-state index in [0.29, 0.717) is 0 Å². The topological polar surface area (TPSA) is 86.6 Å². The van der Waals surface area contributed by atoms with Crippen molar-refractivity contribution in [3.8, 4) is 0 Å². The second-order valence-corrected chi connectivity index (χ2v) is 4.03. The quantitative estimate of drug-likeness (QED) is 0.451. The summed E-state index contributed by atoms with van der Waals surface area (Å²) in [5, 5.41) is 0. The number of aryl methyl sites for hydroxylation is 2. The zero-order chi connectivity index (χ0) is 11.5. The minimum Gasteiger partial charge on any atom is -0.303 e. The molecule has 0 aromatic carbocycles. The van der Waals surface area contributed by atoms with Gasteiger partial charge in [-0.05, 0) is 0 Å². The van der Waals surface area contributed by atoms with Crippen molar-refractivity contribution < 1.29 is 23.8 Å². The third-order valence-electron chi connectivity index (χ3n) is 1.91. The second kappa shape index (κ2) is 6.25. The molecule has 3 N–H and O–H groups in total. The zero-order valence-corrected chi connectivity index (χ0v) is 10.8. The molecule has 0 bridgehead atoms. The molecule has 15 heavy (non-hydrogen) atoms. The molecule has 0 saturated heterocycles. The van der Waals surface area contributed by atoms with Crippen molar-refractivity contribution >= 4 is 20.2 Å². The van der Waals surface area contributed by atoms with Gasteiger partial charge in [0.05, 0.1) is 14.1 Å². The first-order chi connectivity index (χ1) is 6.13. The van der Waals surface area contributed by atoms with E-state index in [2.05, 4.69) is 43.3 Å². The van der Waals surface area contributed by atoms with Crippen molar-refractivity contribution in [3.05, 3.63) is 17.7 Å². The zero-order valence-electron chi connectivity index (χ0n) is 9.08. The van der Waals surface area contributed by atoms with Crippen LogP contribution in [0.4, 0.5) is 0 Å². The van der Waals surface area contributed by atoms with E-state index >= 15 is 0 Å². The highest BCUT2D eigenvalue weighted by atomic mass is 35.5. The van der Waals surface area contributed by atoms with E-state index in [-0.39, 0.29) is 12.4 Å². The summed E-state index contributed by atoms with van der Waals surface area (Å²) in [5.74, 6) is 1.28. The van der Waals surface area contributed by atoms with Gasteiger partial charge >= 0.3 is 7.82 Å². The molecular formula is C7H17ClN2O4P+. The minimum atomic E-state index is -4.64. The van der Waals surface area contributed by atoms with Crippen LogP contribution in [0, 0.1) is 13.8 Å². The summed E-state index contributed by atoms with van der Waals surface area (Å²) < 4.78 is 13.2. The van der Waals surface area contributed by atoms with Gasteiger partial charge in [-0.3, -0.25) is 0 Å². The van der Waals surface area contributed by atoms with Crippen LogP contribution in [-0.2, 0) is 18.7 Å². The van der Waals surface area contributed by atoms with E-state index in [1.54, 1.807) is 0 Å². The van der Waals surface area contributed by atoms with E-state index in [0.717, 1.165) is 0 Å². The van der Waals surface area contributed by atoms with Gasteiger partial charge in [0.1, 0.15) is 11.9 Å². The molecular weight excluding hydrogens is 243 g/mol. The molecule has 0 atom stereocenters. The molecule has 1 aromatic heterocycles. The first kappa shape index (κ1) is 17.0. The lowest BCUT2D eigenvalue weighted by molar-refractivity contribution is -0.677. The first-order valence-corrected chi connectivity index (χ1v) is 5.46. The van der Waals surface area contributed by atoms with Crippen LogP contribution in [0.3, 0.4) is 0 Å². The highest BCUT2D eigenvalue weighted by Gasteiger charge is 2.07. The Kier molecular flexibility index (Phi) is 7.09. The molecule has 0 aliphatic heterocycles. The van der Waals surface area contributed by atoms with Crippen LogP contribution in [0.1, 0.15) is 11.5 Å². The molecule has 0 aliphatic rings. The van der Waals surface area contributed by atoms with Gasteiger partial charge in [-0.1, -0.05) is 0 Å². The standard InChI is InChI=1S/C7H13N2.ClH.H3O4P/c1-6-5-8(3)7(2)9(6)4;;1-5(2,3)4/h5H,1-4H3;1H;(H3,1,2,3,4)/q+1;;. The smallest absolute Gasteiger partial charge is 0.303 e. The molecule has 0 radical (unpaired) electrons. The number of nitrogens with zero attached hydrogens (tertiary/aromatic N) is 2. The number of rotatable bonds is 0. The molecule has 0 aliphatic carbocycles. The van der Waals surface area contributed by atoms with Gasteiger partial charge in [0.25, 0.3) is 5.82 Å². The lowest BCUT2D eigenvalue weighted by atomic mass is 10.5. The van der Waals surface area contributed by atoms with Crippen molar-refractivity contribution in [3.63, 3.8) is 0 Å². The summed E-state index contributed by atoms with van der Waals surface area (Å²) in [5.41, 5.74) is 1.30. The highest BCUT2D eigenvalue weighted by molar-refractivity contribution is 7.45. The SMILES string of the molecule is Cc1c[n+](C)c(C)n1C.Cl.O=P(O)(O)O. The molecule has 1 aromatic rings. The van der Waals surface area contributed by atoms with Gasteiger partial charge in [0, 0.05) is 13.8 Å². The van der Waals surface area contributed by atoms with Crippen LogP contribution < -0.4 is 4.57 Å². The molecule has 8 heteroatoms. The normalized spacial score (nSPS) is 10.1. The van der Waals surface area contributed by atoms with E-state index in [4.69, 9.17) is 19.2 Å². The van der Waals surface area contributed by atoms with Gasteiger partial charge in [-0.25, -0.2) is 13.7 Å². The Bertz CT molecular complexity index is 329. The maximum atomic E-state index is 8.88. The Morgan fingerprint density at radius 1 is 1.33 bits per heavy atom. The summed E-state index contributed by atoms with van der Waals surface area (Å²) in [4.78, 5) is 21.6. The Balaban J connectivity index is 0. The van der Waals surface area contributed by atoms with E-state index < -0.39 is 7.82 Å². The number of phosphoric acid groups is 1. The summed E-state index contributed by atoms with van der Waals surface area (Å²) in [6.07, 6.45) is 2.12. The number of hydrogen-bond donors (Lipinski definition) is 3. The van der Waals surface area contributed by atoms with E-state index in [1.807, 2.05) is 0 Å². The molecule has 0 spiro atoms. The minimum absolute atomic E-state index is 0. The lowest BCUT2D eigenvalue weighted by Crippen LogP contribution is -2.29. The molecule has 1 rings (SSSR count). The predicted molar refractivity (Wildman–Crippen MR) is 57.6 cm³/mol. The molecule has 6 nitrogen and oxygen atoms in total. The van der Waals surface area contributed by atoms with E-state index in [9.17, 15) is 0 Å². The fourth-order valence-corrected chi connectivity index (χ4v) is 0.952. The van der Waals surface area contributed by atoms with Crippen molar-refractivity contribution in [2.45, 2.75) is 13.8 Å². The summed E-state index contributed by atoms with van der Waals surface area (Å²) in [7, 11) is -0.507.